The van der Waals surface area contributed by atoms with Gasteiger partial charge in [0, 0.05) is 19.8 Å². The van der Waals surface area contributed by atoms with Crippen molar-refractivity contribution in [3.8, 4) is 0 Å². The summed E-state index contributed by atoms with van der Waals surface area (Å²) < 4.78 is 5.21. The Hall–Kier alpha value is -1.14. The SMILES string of the molecule is NC1(C(=O)NCC2(CC(=O)O)CCC2)CCOCC1. The summed E-state index contributed by atoms with van der Waals surface area (Å²) in [5.41, 5.74) is 4.97. The molecule has 0 aromatic heterocycles. The number of rotatable bonds is 5. The number of nitrogens with two attached hydrogens (primary N) is 1. The van der Waals surface area contributed by atoms with E-state index in [1.54, 1.807) is 0 Å². The summed E-state index contributed by atoms with van der Waals surface area (Å²) in [6.45, 7) is 1.42. The summed E-state index contributed by atoms with van der Waals surface area (Å²) in [6.07, 6.45) is 3.91. The third-order valence-corrected chi connectivity index (χ3v) is 4.40. The van der Waals surface area contributed by atoms with Gasteiger partial charge in [-0.25, -0.2) is 0 Å². The van der Waals surface area contributed by atoms with Gasteiger partial charge in [0.15, 0.2) is 0 Å². The first-order valence-corrected chi connectivity index (χ1v) is 6.83. The zero-order valence-electron chi connectivity index (χ0n) is 11.1. The Labute approximate surface area is 112 Å². The minimum absolute atomic E-state index is 0.119. The minimum Gasteiger partial charge on any atom is -0.481 e. The molecule has 2 fully saturated rings. The van der Waals surface area contributed by atoms with Gasteiger partial charge in [-0.3, -0.25) is 9.59 Å². The highest BCUT2D eigenvalue weighted by molar-refractivity contribution is 5.86. The molecule has 0 spiro atoms. The van der Waals surface area contributed by atoms with Crippen molar-refractivity contribution in [2.45, 2.75) is 44.1 Å². The van der Waals surface area contributed by atoms with Crippen molar-refractivity contribution in [3.63, 3.8) is 0 Å². The molecular formula is C13H22N2O4. The van der Waals surface area contributed by atoms with E-state index in [4.69, 9.17) is 15.6 Å². The van der Waals surface area contributed by atoms with Crippen molar-refractivity contribution >= 4 is 11.9 Å². The topological polar surface area (TPSA) is 102 Å². The summed E-state index contributed by atoms with van der Waals surface area (Å²) in [4.78, 5) is 23.0. The molecule has 0 radical (unpaired) electrons. The molecule has 1 saturated heterocycles. The van der Waals surface area contributed by atoms with Crippen molar-refractivity contribution in [2.75, 3.05) is 19.8 Å². The highest BCUT2D eigenvalue weighted by Crippen LogP contribution is 2.43. The third-order valence-electron chi connectivity index (χ3n) is 4.40. The van der Waals surface area contributed by atoms with E-state index in [0.717, 1.165) is 19.3 Å². The fourth-order valence-corrected chi connectivity index (χ4v) is 2.82. The van der Waals surface area contributed by atoms with Gasteiger partial charge >= 0.3 is 5.97 Å². The summed E-state index contributed by atoms with van der Waals surface area (Å²) in [6, 6.07) is 0. The molecule has 0 aromatic carbocycles. The van der Waals surface area contributed by atoms with E-state index in [1.807, 2.05) is 0 Å². The summed E-state index contributed by atoms with van der Waals surface area (Å²) in [5, 5.41) is 11.8. The lowest BCUT2D eigenvalue weighted by atomic mass is 9.66. The van der Waals surface area contributed by atoms with Gasteiger partial charge in [-0.2, -0.15) is 0 Å². The van der Waals surface area contributed by atoms with Crippen LogP contribution in [0.1, 0.15) is 38.5 Å². The maximum absolute atomic E-state index is 12.2. The number of aliphatic carboxylic acids is 1. The number of hydrogen-bond donors (Lipinski definition) is 3. The maximum atomic E-state index is 12.2. The molecule has 2 rings (SSSR count). The number of carbonyl (C=O) groups is 2. The first-order valence-electron chi connectivity index (χ1n) is 6.83. The Morgan fingerprint density at radius 2 is 1.84 bits per heavy atom. The van der Waals surface area contributed by atoms with Crippen molar-refractivity contribution in [2.24, 2.45) is 11.1 Å². The average Bonchev–Trinajstić information content (AvgIpc) is 2.32. The fraction of sp³-hybridized carbons (Fsp3) is 0.846. The van der Waals surface area contributed by atoms with Crippen LogP contribution in [0.25, 0.3) is 0 Å². The van der Waals surface area contributed by atoms with Crippen LogP contribution in [0, 0.1) is 5.41 Å². The highest BCUT2D eigenvalue weighted by Gasteiger charge is 2.41. The van der Waals surface area contributed by atoms with Gasteiger partial charge in [0.05, 0.1) is 12.0 Å². The Kier molecular flexibility index (Phi) is 4.10. The zero-order valence-corrected chi connectivity index (χ0v) is 11.1. The van der Waals surface area contributed by atoms with Crippen molar-refractivity contribution in [3.05, 3.63) is 0 Å². The van der Waals surface area contributed by atoms with Gasteiger partial charge in [0.2, 0.25) is 5.91 Å². The maximum Gasteiger partial charge on any atom is 0.303 e. The van der Waals surface area contributed by atoms with Crippen molar-refractivity contribution < 1.29 is 19.4 Å². The molecule has 1 aliphatic heterocycles. The van der Waals surface area contributed by atoms with E-state index >= 15 is 0 Å². The lowest BCUT2D eigenvalue weighted by molar-refractivity contribution is -0.142. The van der Waals surface area contributed by atoms with E-state index in [0.29, 0.717) is 32.6 Å². The molecule has 0 aromatic rings. The van der Waals surface area contributed by atoms with Gasteiger partial charge in [0.25, 0.3) is 0 Å². The number of carboxylic acids is 1. The predicted octanol–water partition coefficient (Wildman–Crippen LogP) is 0.255. The number of carbonyl (C=O) groups excluding carboxylic acids is 1. The number of carboxylic acid groups (broad SMARTS) is 1. The highest BCUT2D eigenvalue weighted by atomic mass is 16.5. The molecule has 0 atom stereocenters. The van der Waals surface area contributed by atoms with Gasteiger partial charge < -0.3 is 20.9 Å². The number of hydrogen-bond acceptors (Lipinski definition) is 4. The smallest absolute Gasteiger partial charge is 0.303 e. The van der Waals surface area contributed by atoms with E-state index in [-0.39, 0.29) is 17.7 Å². The van der Waals surface area contributed by atoms with Gasteiger partial charge in [-0.15, -0.1) is 0 Å². The molecule has 0 bridgehead atoms. The number of ether oxygens (including phenoxy) is 1. The van der Waals surface area contributed by atoms with Gasteiger partial charge in [-0.1, -0.05) is 6.42 Å². The van der Waals surface area contributed by atoms with Crippen LogP contribution in [0.3, 0.4) is 0 Å². The van der Waals surface area contributed by atoms with Crippen molar-refractivity contribution in [1.82, 2.24) is 5.32 Å². The second-order valence-corrected chi connectivity index (χ2v) is 5.88. The second-order valence-electron chi connectivity index (χ2n) is 5.88. The molecule has 1 saturated carbocycles. The Balaban J connectivity index is 1.87. The normalized spacial score (nSPS) is 24.3. The van der Waals surface area contributed by atoms with Crippen molar-refractivity contribution in [1.29, 1.82) is 0 Å². The van der Waals surface area contributed by atoms with E-state index in [2.05, 4.69) is 5.32 Å². The monoisotopic (exact) mass is 270 g/mol. The lowest BCUT2D eigenvalue weighted by Gasteiger charge is -2.42. The van der Waals surface area contributed by atoms with E-state index in [9.17, 15) is 9.59 Å². The second kappa shape index (κ2) is 5.46. The molecule has 108 valence electrons. The standard InChI is InChI=1S/C13H22N2O4/c14-13(4-6-19-7-5-13)11(18)15-9-12(2-1-3-12)8-10(16)17/h1-9,14H2,(H,15,18)(H,16,17). The quantitative estimate of drug-likeness (QED) is 0.665. The molecule has 1 heterocycles. The first-order chi connectivity index (χ1) is 8.96. The molecular weight excluding hydrogens is 248 g/mol. The van der Waals surface area contributed by atoms with Crippen LogP contribution in [-0.2, 0) is 14.3 Å². The molecule has 19 heavy (non-hydrogen) atoms. The minimum atomic E-state index is -0.855. The Morgan fingerprint density at radius 1 is 1.21 bits per heavy atom. The molecule has 1 amide bonds. The molecule has 2 aliphatic rings. The first kappa shape index (κ1) is 14.3. The molecule has 4 N–H and O–H groups in total. The summed E-state index contributed by atoms with van der Waals surface area (Å²) >= 11 is 0. The summed E-state index contributed by atoms with van der Waals surface area (Å²) in [7, 11) is 0. The number of amides is 1. The lowest BCUT2D eigenvalue weighted by Crippen LogP contribution is -2.58. The molecule has 1 aliphatic carbocycles. The van der Waals surface area contributed by atoms with Crippen LogP contribution in [0.4, 0.5) is 0 Å². The van der Waals surface area contributed by atoms with Crippen LogP contribution >= 0.6 is 0 Å². The number of nitrogens with one attached hydrogen (secondary N) is 1. The van der Waals surface area contributed by atoms with Crippen LogP contribution in [0.5, 0.6) is 0 Å². The predicted molar refractivity (Wildman–Crippen MR) is 68.5 cm³/mol. The third kappa shape index (κ3) is 3.25. The zero-order chi connectivity index (χ0) is 13.9. The average molecular weight is 270 g/mol. The van der Waals surface area contributed by atoms with Crippen LogP contribution < -0.4 is 11.1 Å². The largest absolute Gasteiger partial charge is 0.481 e. The van der Waals surface area contributed by atoms with E-state index < -0.39 is 11.5 Å². The molecule has 6 heteroatoms. The summed E-state index contributed by atoms with van der Waals surface area (Å²) in [5.74, 6) is -0.977. The van der Waals surface area contributed by atoms with Crippen LogP contribution in [0.15, 0.2) is 0 Å². The van der Waals surface area contributed by atoms with Crippen LogP contribution in [-0.4, -0.2) is 42.3 Å². The molecule has 0 unspecified atom stereocenters. The molecule has 6 nitrogen and oxygen atoms in total. The Bertz CT molecular complexity index is 360. The Morgan fingerprint density at radius 3 is 2.32 bits per heavy atom. The van der Waals surface area contributed by atoms with E-state index in [1.165, 1.54) is 0 Å². The fourth-order valence-electron chi connectivity index (χ4n) is 2.82. The van der Waals surface area contributed by atoms with Crippen LogP contribution in [0.2, 0.25) is 0 Å². The van der Waals surface area contributed by atoms with Gasteiger partial charge in [0.1, 0.15) is 0 Å². The van der Waals surface area contributed by atoms with Gasteiger partial charge in [-0.05, 0) is 31.1 Å².